The van der Waals surface area contributed by atoms with Gasteiger partial charge in [-0.05, 0) is 25.9 Å². The summed E-state index contributed by atoms with van der Waals surface area (Å²) in [5, 5.41) is 6.91. The Kier molecular flexibility index (Phi) is 16.2. The maximum atomic E-state index is 3.46. The first-order valence-electron chi connectivity index (χ1n) is 6.57. The van der Waals surface area contributed by atoms with E-state index in [1.54, 1.807) is 0 Å². The van der Waals surface area contributed by atoms with E-state index in [4.69, 9.17) is 0 Å². The van der Waals surface area contributed by atoms with Gasteiger partial charge in [0.1, 0.15) is 0 Å². The van der Waals surface area contributed by atoms with Gasteiger partial charge in [0, 0.05) is 24.6 Å². The summed E-state index contributed by atoms with van der Waals surface area (Å²) in [6, 6.07) is 0. The van der Waals surface area contributed by atoms with Gasteiger partial charge in [-0.2, -0.15) is 0 Å². The molecule has 0 radical (unpaired) electrons. The third-order valence-electron chi connectivity index (χ3n) is 2.22. The van der Waals surface area contributed by atoms with Gasteiger partial charge in [-0.25, -0.2) is 0 Å². The van der Waals surface area contributed by atoms with Crippen molar-refractivity contribution >= 4 is 21.6 Å². The lowest BCUT2D eigenvalue weighted by Crippen LogP contribution is -2.19. The zero-order valence-electron chi connectivity index (χ0n) is 10.9. The fourth-order valence-electron chi connectivity index (χ4n) is 1.20. The van der Waals surface area contributed by atoms with E-state index in [1.165, 1.54) is 50.3 Å². The molecule has 0 aliphatic rings. The topological polar surface area (TPSA) is 24.1 Å². The van der Waals surface area contributed by atoms with Crippen molar-refractivity contribution in [2.45, 2.75) is 39.5 Å². The molecular weight excluding hydrogens is 236 g/mol. The average Bonchev–Trinajstić information content (AvgIpc) is 2.31. The lowest BCUT2D eigenvalue weighted by atomic mass is 10.3. The zero-order chi connectivity index (χ0) is 11.9. The molecule has 0 aromatic heterocycles. The highest BCUT2D eigenvalue weighted by atomic mass is 33.1. The van der Waals surface area contributed by atoms with E-state index in [0.717, 1.165) is 13.1 Å². The highest BCUT2D eigenvalue weighted by Gasteiger charge is 1.91. The van der Waals surface area contributed by atoms with Crippen molar-refractivity contribution in [3.05, 3.63) is 0 Å². The van der Waals surface area contributed by atoms with Crippen LogP contribution in [0.5, 0.6) is 0 Å². The molecule has 4 heteroatoms. The van der Waals surface area contributed by atoms with Crippen molar-refractivity contribution in [2.24, 2.45) is 0 Å². The second-order valence-corrected chi connectivity index (χ2v) is 6.55. The SMILES string of the molecule is CCCCNCCSSCCNCCCC. The normalized spacial score (nSPS) is 10.9. The van der Waals surface area contributed by atoms with Gasteiger partial charge in [0.15, 0.2) is 0 Å². The molecule has 0 saturated carbocycles. The van der Waals surface area contributed by atoms with Crippen LogP contribution in [-0.2, 0) is 0 Å². The van der Waals surface area contributed by atoms with Crippen molar-refractivity contribution in [1.82, 2.24) is 10.6 Å². The number of nitrogens with one attached hydrogen (secondary N) is 2. The van der Waals surface area contributed by atoms with Crippen molar-refractivity contribution in [1.29, 1.82) is 0 Å². The van der Waals surface area contributed by atoms with Crippen molar-refractivity contribution in [2.75, 3.05) is 37.7 Å². The molecule has 0 fully saturated rings. The largest absolute Gasteiger partial charge is 0.316 e. The molecule has 0 atom stereocenters. The van der Waals surface area contributed by atoms with E-state index < -0.39 is 0 Å². The average molecular weight is 265 g/mol. The predicted molar refractivity (Wildman–Crippen MR) is 80.5 cm³/mol. The van der Waals surface area contributed by atoms with Crippen LogP contribution in [-0.4, -0.2) is 37.7 Å². The van der Waals surface area contributed by atoms with Crippen LogP contribution in [0, 0.1) is 0 Å². The molecule has 2 N–H and O–H groups in total. The summed E-state index contributed by atoms with van der Waals surface area (Å²) in [4.78, 5) is 0. The van der Waals surface area contributed by atoms with E-state index in [9.17, 15) is 0 Å². The van der Waals surface area contributed by atoms with Gasteiger partial charge in [-0.15, -0.1) is 0 Å². The molecule has 98 valence electrons. The minimum absolute atomic E-state index is 1.15. The molecule has 0 spiro atoms. The van der Waals surface area contributed by atoms with Gasteiger partial charge in [0.25, 0.3) is 0 Å². The van der Waals surface area contributed by atoms with Crippen LogP contribution in [0.15, 0.2) is 0 Å². The summed E-state index contributed by atoms with van der Waals surface area (Å²) in [7, 11) is 3.98. The van der Waals surface area contributed by atoms with Crippen LogP contribution in [0.4, 0.5) is 0 Å². The summed E-state index contributed by atoms with van der Waals surface area (Å²) in [6.07, 6.45) is 5.19. The Bertz CT molecular complexity index is 110. The molecular formula is C12H28N2S2. The summed E-state index contributed by atoms with van der Waals surface area (Å²) < 4.78 is 0. The molecule has 0 unspecified atom stereocenters. The molecule has 16 heavy (non-hydrogen) atoms. The van der Waals surface area contributed by atoms with E-state index in [2.05, 4.69) is 24.5 Å². The van der Waals surface area contributed by atoms with Crippen molar-refractivity contribution in [3.63, 3.8) is 0 Å². The van der Waals surface area contributed by atoms with Gasteiger partial charge < -0.3 is 10.6 Å². The Balaban J connectivity index is 2.83. The maximum absolute atomic E-state index is 3.46. The smallest absolute Gasteiger partial charge is 0.0162 e. The summed E-state index contributed by atoms with van der Waals surface area (Å²) in [5.41, 5.74) is 0. The van der Waals surface area contributed by atoms with E-state index in [0.29, 0.717) is 0 Å². The predicted octanol–water partition coefficient (Wildman–Crippen LogP) is 3.15. The first-order valence-corrected chi connectivity index (χ1v) is 9.06. The highest BCUT2D eigenvalue weighted by Crippen LogP contribution is 2.19. The molecule has 0 amide bonds. The fourth-order valence-corrected chi connectivity index (χ4v) is 3.10. The third kappa shape index (κ3) is 14.6. The maximum Gasteiger partial charge on any atom is 0.0162 e. The van der Waals surface area contributed by atoms with Crippen LogP contribution < -0.4 is 10.6 Å². The molecule has 0 aliphatic carbocycles. The monoisotopic (exact) mass is 264 g/mol. The molecule has 0 saturated heterocycles. The van der Waals surface area contributed by atoms with Gasteiger partial charge in [-0.3, -0.25) is 0 Å². The number of hydrogen-bond acceptors (Lipinski definition) is 4. The Morgan fingerprint density at radius 2 is 1.12 bits per heavy atom. The Labute approximate surface area is 109 Å². The first kappa shape index (κ1) is 16.6. The Morgan fingerprint density at radius 3 is 1.50 bits per heavy atom. The number of hydrogen-bond donors (Lipinski definition) is 2. The quantitative estimate of drug-likeness (QED) is 0.394. The molecule has 0 bridgehead atoms. The zero-order valence-corrected chi connectivity index (χ0v) is 12.5. The van der Waals surface area contributed by atoms with Gasteiger partial charge in [-0.1, -0.05) is 48.3 Å². The van der Waals surface area contributed by atoms with Crippen LogP contribution in [0.3, 0.4) is 0 Å². The van der Waals surface area contributed by atoms with E-state index >= 15 is 0 Å². The second-order valence-electron chi connectivity index (χ2n) is 3.85. The summed E-state index contributed by atoms with van der Waals surface area (Å²) in [5.74, 6) is 2.45. The van der Waals surface area contributed by atoms with Crippen LogP contribution in [0.1, 0.15) is 39.5 Å². The van der Waals surface area contributed by atoms with Crippen LogP contribution in [0.25, 0.3) is 0 Å². The molecule has 0 aromatic carbocycles. The lowest BCUT2D eigenvalue weighted by Gasteiger charge is -2.04. The summed E-state index contributed by atoms with van der Waals surface area (Å²) in [6.45, 7) is 9.14. The Hall–Kier alpha value is 0.620. The number of rotatable bonds is 13. The Morgan fingerprint density at radius 1 is 0.688 bits per heavy atom. The fraction of sp³-hybridized carbons (Fsp3) is 1.00. The minimum atomic E-state index is 1.15. The van der Waals surface area contributed by atoms with Gasteiger partial charge in [0.05, 0.1) is 0 Å². The second kappa shape index (κ2) is 15.6. The number of unbranched alkanes of at least 4 members (excludes halogenated alkanes) is 2. The molecule has 0 heterocycles. The highest BCUT2D eigenvalue weighted by molar-refractivity contribution is 8.76. The molecule has 0 aliphatic heterocycles. The van der Waals surface area contributed by atoms with Crippen LogP contribution in [0.2, 0.25) is 0 Å². The first-order chi connectivity index (χ1) is 7.91. The molecule has 0 rings (SSSR count). The summed E-state index contributed by atoms with van der Waals surface area (Å²) >= 11 is 0. The molecule has 2 nitrogen and oxygen atoms in total. The van der Waals surface area contributed by atoms with Gasteiger partial charge in [0.2, 0.25) is 0 Å². The molecule has 0 aromatic rings. The van der Waals surface area contributed by atoms with Gasteiger partial charge >= 0.3 is 0 Å². The van der Waals surface area contributed by atoms with Crippen molar-refractivity contribution < 1.29 is 0 Å². The van der Waals surface area contributed by atoms with E-state index in [-0.39, 0.29) is 0 Å². The lowest BCUT2D eigenvalue weighted by molar-refractivity contribution is 0.666. The van der Waals surface area contributed by atoms with Crippen molar-refractivity contribution in [3.8, 4) is 0 Å². The standard InChI is InChI=1S/C12H28N2S2/c1-3-5-7-13-9-11-15-16-12-10-14-8-6-4-2/h13-14H,3-12H2,1-2H3. The minimum Gasteiger partial charge on any atom is -0.316 e. The third-order valence-corrected chi connectivity index (χ3v) is 4.63. The van der Waals surface area contributed by atoms with Crippen LogP contribution >= 0.6 is 21.6 Å². The van der Waals surface area contributed by atoms with E-state index in [1.807, 2.05) is 21.6 Å².